The lowest BCUT2D eigenvalue weighted by molar-refractivity contribution is -0.140. The molecular weight excluding hydrogens is 469 g/mol. The van der Waals surface area contributed by atoms with Crippen LogP contribution in [-0.2, 0) is 16.0 Å². The van der Waals surface area contributed by atoms with Crippen LogP contribution in [-0.4, -0.2) is 46.3 Å². The van der Waals surface area contributed by atoms with Gasteiger partial charge in [-0.05, 0) is 37.0 Å². The van der Waals surface area contributed by atoms with Gasteiger partial charge in [0.25, 0.3) is 0 Å². The predicted molar refractivity (Wildman–Crippen MR) is 117 cm³/mol. The molecule has 0 saturated heterocycles. The van der Waals surface area contributed by atoms with E-state index in [0.29, 0.717) is 11.4 Å². The summed E-state index contributed by atoms with van der Waals surface area (Å²) < 4.78 is 9.76. The van der Waals surface area contributed by atoms with Crippen molar-refractivity contribution in [2.45, 2.75) is 32.1 Å². The van der Waals surface area contributed by atoms with Crippen molar-refractivity contribution in [3.05, 3.63) is 28.8 Å². The summed E-state index contributed by atoms with van der Waals surface area (Å²) in [7, 11) is 4.78. The highest BCUT2D eigenvalue weighted by Gasteiger charge is 2.04. The van der Waals surface area contributed by atoms with E-state index in [4.69, 9.17) is 16.3 Å². The molecule has 6 nitrogen and oxygen atoms in total. The first-order valence-electron chi connectivity index (χ1n) is 8.44. The molecule has 0 amide bonds. The second-order valence-corrected chi connectivity index (χ2v) is 5.93. The number of benzene rings is 1. The SMILES string of the molecule is CN=C(NCCCCCC(=O)OC)NCCc1ccc(OC)cc1Cl.I. The number of nitrogens with one attached hydrogen (secondary N) is 2. The molecule has 8 heteroatoms. The summed E-state index contributed by atoms with van der Waals surface area (Å²) in [4.78, 5) is 15.2. The average molecular weight is 498 g/mol. The zero-order valence-corrected chi connectivity index (χ0v) is 18.7. The van der Waals surface area contributed by atoms with Crippen LogP contribution in [0.1, 0.15) is 31.2 Å². The highest BCUT2D eigenvalue weighted by Crippen LogP contribution is 2.22. The van der Waals surface area contributed by atoms with Crippen molar-refractivity contribution in [3.8, 4) is 5.75 Å². The fraction of sp³-hybridized carbons (Fsp3) is 0.556. The van der Waals surface area contributed by atoms with E-state index < -0.39 is 0 Å². The number of guanidine groups is 1. The van der Waals surface area contributed by atoms with Gasteiger partial charge in [-0.3, -0.25) is 9.79 Å². The molecule has 148 valence electrons. The molecule has 0 heterocycles. The molecule has 0 aliphatic rings. The number of rotatable bonds is 10. The first kappa shape index (κ1) is 24.8. The molecule has 0 aromatic heterocycles. The summed E-state index contributed by atoms with van der Waals surface area (Å²) in [5.41, 5.74) is 1.06. The summed E-state index contributed by atoms with van der Waals surface area (Å²) in [5.74, 6) is 1.37. The van der Waals surface area contributed by atoms with Gasteiger partial charge in [0.05, 0.1) is 14.2 Å². The number of halogens is 2. The van der Waals surface area contributed by atoms with Crippen LogP contribution in [0.15, 0.2) is 23.2 Å². The molecule has 0 unspecified atom stereocenters. The molecule has 0 aliphatic heterocycles. The van der Waals surface area contributed by atoms with Crippen LogP contribution in [0.5, 0.6) is 5.75 Å². The van der Waals surface area contributed by atoms with Crippen molar-refractivity contribution in [2.75, 3.05) is 34.4 Å². The Morgan fingerprint density at radius 2 is 1.88 bits per heavy atom. The van der Waals surface area contributed by atoms with Gasteiger partial charge in [-0.15, -0.1) is 24.0 Å². The number of ether oxygens (including phenoxy) is 2. The minimum atomic E-state index is -0.150. The van der Waals surface area contributed by atoms with Gasteiger partial charge in [-0.2, -0.15) is 0 Å². The average Bonchev–Trinajstić information content (AvgIpc) is 2.63. The Kier molecular flexibility index (Phi) is 14.2. The van der Waals surface area contributed by atoms with Crippen molar-refractivity contribution in [3.63, 3.8) is 0 Å². The lowest BCUT2D eigenvalue weighted by Gasteiger charge is -2.12. The maximum atomic E-state index is 11.0. The monoisotopic (exact) mass is 497 g/mol. The molecule has 26 heavy (non-hydrogen) atoms. The van der Waals surface area contributed by atoms with E-state index >= 15 is 0 Å². The minimum absolute atomic E-state index is 0. The third kappa shape index (κ3) is 10.1. The predicted octanol–water partition coefficient (Wildman–Crippen LogP) is 3.41. The van der Waals surface area contributed by atoms with E-state index in [-0.39, 0.29) is 29.9 Å². The van der Waals surface area contributed by atoms with Crippen molar-refractivity contribution in [2.24, 2.45) is 4.99 Å². The number of nitrogens with zero attached hydrogens (tertiary/aromatic N) is 1. The zero-order valence-electron chi connectivity index (χ0n) is 15.6. The molecule has 2 N–H and O–H groups in total. The summed E-state index contributed by atoms with van der Waals surface area (Å²) in [6, 6.07) is 5.70. The van der Waals surface area contributed by atoms with E-state index in [9.17, 15) is 4.79 Å². The van der Waals surface area contributed by atoms with Crippen LogP contribution < -0.4 is 15.4 Å². The Bertz CT molecular complexity index is 571. The van der Waals surface area contributed by atoms with E-state index in [1.807, 2.05) is 18.2 Å². The standard InChI is InChI=1S/C18H28ClN3O3.HI/c1-20-18(21-11-6-4-5-7-17(23)25-3)22-12-10-14-8-9-15(24-2)13-16(14)19;/h8-9,13H,4-7,10-12H2,1-3H3,(H2,20,21,22);1H. The Balaban J connectivity index is 0.00000625. The van der Waals surface area contributed by atoms with E-state index in [0.717, 1.165) is 56.0 Å². The van der Waals surface area contributed by atoms with Crippen LogP contribution in [0, 0.1) is 0 Å². The normalized spacial score (nSPS) is 10.7. The molecule has 0 bridgehead atoms. The van der Waals surface area contributed by atoms with Crippen LogP contribution in [0.2, 0.25) is 5.02 Å². The molecule has 0 spiro atoms. The number of hydrogen-bond donors (Lipinski definition) is 2. The number of aliphatic imine (C=N–C) groups is 1. The van der Waals surface area contributed by atoms with E-state index in [1.165, 1.54) is 7.11 Å². The van der Waals surface area contributed by atoms with E-state index in [1.54, 1.807) is 14.2 Å². The molecule has 1 aromatic rings. The largest absolute Gasteiger partial charge is 0.497 e. The topological polar surface area (TPSA) is 72.0 Å². The van der Waals surface area contributed by atoms with Gasteiger partial charge >= 0.3 is 5.97 Å². The highest BCUT2D eigenvalue weighted by molar-refractivity contribution is 14.0. The maximum Gasteiger partial charge on any atom is 0.305 e. The minimum Gasteiger partial charge on any atom is -0.497 e. The van der Waals surface area contributed by atoms with E-state index in [2.05, 4.69) is 20.4 Å². The molecule has 0 fully saturated rings. The van der Waals surface area contributed by atoms with Gasteiger partial charge < -0.3 is 20.1 Å². The lowest BCUT2D eigenvalue weighted by atomic mass is 10.1. The Labute approximate surface area is 178 Å². The Morgan fingerprint density at radius 1 is 1.15 bits per heavy atom. The number of hydrogen-bond acceptors (Lipinski definition) is 4. The molecule has 0 radical (unpaired) electrons. The van der Waals surface area contributed by atoms with Crippen molar-refractivity contribution in [1.82, 2.24) is 10.6 Å². The molecule has 0 saturated carbocycles. The van der Waals surface area contributed by atoms with Crippen LogP contribution >= 0.6 is 35.6 Å². The second kappa shape index (κ2) is 14.9. The summed E-state index contributed by atoms with van der Waals surface area (Å²) in [6.07, 6.45) is 4.06. The fourth-order valence-corrected chi connectivity index (χ4v) is 2.54. The third-order valence-electron chi connectivity index (χ3n) is 3.75. The van der Waals surface area contributed by atoms with Gasteiger partial charge in [0.1, 0.15) is 5.75 Å². The number of esters is 1. The van der Waals surface area contributed by atoms with Gasteiger partial charge in [-0.25, -0.2) is 0 Å². The van der Waals surface area contributed by atoms with Gasteiger partial charge in [0.2, 0.25) is 0 Å². The smallest absolute Gasteiger partial charge is 0.305 e. The number of carbonyl (C=O) groups is 1. The van der Waals surface area contributed by atoms with Crippen molar-refractivity contribution < 1.29 is 14.3 Å². The lowest BCUT2D eigenvalue weighted by Crippen LogP contribution is -2.38. The number of unbranched alkanes of at least 4 members (excludes halogenated alkanes) is 2. The first-order chi connectivity index (χ1) is 12.1. The molecule has 0 atom stereocenters. The maximum absolute atomic E-state index is 11.0. The Hall–Kier alpha value is -1.22. The van der Waals surface area contributed by atoms with Crippen LogP contribution in [0.4, 0.5) is 0 Å². The zero-order chi connectivity index (χ0) is 18.5. The van der Waals surface area contributed by atoms with Gasteiger partial charge in [0.15, 0.2) is 5.96 Å². The quantitative estimate of drug-likeness (QED) is 0.170. The summed E-state index contributed by atoms with van der Waals surface area (Å²) in [5, 5.41) is 7.23. The van der Waals surface area contributed by atoms with Crippen molar-refractivity contribution >= 4 is 47.5 Å². The second-order valence-electron chi connectivity index (χ2n) is 5.52. The first-order valence-corrected chi connectivity index (χ1v) is 8.82. The van der Waals surface area contributed by atoms with Crippen LogP contribution in [0.25, 0.3) is 0 Å². The van der Waals surface area contributed by atoms with Crippen LogP contribution in [0.3, 0.4) is 0 Å². The van der Waals surface area contributed by atoms with Gasteiger partial charge in [-0.1, -0.05) is 24.1 Å². The number of methoxy groups -OCH3 is 2. The van der Waals surface area contributed by atoms with Gasteiger partial charge in [0, 0.05) is 31.6 Å². The fourth-order valence-electron chi connectivity index (χ4n) is 2.27. The molecular formula is C18H29ClIN3O3. The molecule has 0 aliphatic carbocycles. The highest BCUT2D eigenvalue weighted by atomic mass is 127. The summed E-state index contributed by atoms with van der Waals surface area (Å²) >= 11 is 6.24. The summed E-state index contributed by atoms with van der Waals surface area (Å²) in [6.45, 7) is 1.54. The Morgan fingerprint density at radius 3 is 2.50 bits per heavy atom. The number of carbonyl (C=O) groups excluding carboxylic acids is 1. The van der Waals surface area contributed by atoms with Crippen molar-refractivity contribution in [1.29, 1.82) is 0 Å². The molecule has 1 rings (SSSR count). The molecule has 1 aromatic carbocycles. The third-order valence-corrected chi connectivity index (χ3v) is 4.10.